The largest absolute Gasteiger partial charge is 0.386 e. The average molecular weight is 265 g/mol. The summed E-state index contributed by atoms with van der Waals surface area (Å²) in [6.45, 7) is 2.25. The van der Waals surface area contributed by atoms with Gasteiger partial charge in [0.2, 0.25) is 0 Å². The van der Waals surface area contributed by atoms with Crippen LogP contribution in [0.4, 0.5) is 4.39 Å². The van der Waals surface area contributed by atoms with E-state index in [9.17, 15) is 9.50 Å². The molecule has 0 heterocycles. The first-order valence-electron chi connectivity index (χ1n) is 7.07. The van der Waals surface area contributed by atoms with E-state index in [0.29, 0.717) is 11.5 Å². The van der Waals surface area contributed by atoms with Crippen LogP contribution in [0.5, 0.6) is 0 Å². The number of aliphatic hydroxyl groups excluding tert-OH is 1. The molecule has 0 spiro atoms. The predicted octanol–water partition coefficient (Wildman–Crippen LogP) is 3.37. The summed E-state index contributed by atoms with van der Waals surface area (Å²) in [4.78, 5) is 2.08. The maximum absolute atomic E-state index is 13.9. The van der Waals surface area contributed by atoms with Crippen molar-refractivity contribution in [3.05, 3.63) is 35.6 Å². The smallest absolute Gasteiger partial charge is 0.129 e. The van der Waals surface area contributed by atoms with Crippen molar-refractivity contribution < 1.29 is 9.50 Å². The topological polar surface area (TPSA) is 23.5 Å². The van der Waals surface area contributed by atoms with E-state index in [0.717, 1.165) is 25.7 Å². The fourth-order valence-electron chi connectivity index (χ4n) is 3.21. The molecule has 1 aromatic rings. The Morgan fingerprint density at radius 2 is 1.84 bits per heavy atom. The van der Waals surface area contributed by atoms with Gasteiger partial charge in [-0.3, -0.25) is 0 Å². The molecule has 0 radical (unpaired) electrons. The van der Waals surface area contributed by atoms with Crippen molar-refractivity contribution in [2.45, 2.75) is 44.2 Å². The van der Waals surface area contributed by atoms with Gasteiger partial charge in [0.15, 0.2) is 0 Å². The van der Waals surface area contributed by atoms with Crippen molar-refractivity contribution in [2.75, 3.05) is 14.1 Å². The fraction of sp³-hybridized carbons (Fsp3) is 0.625. The van der Waals surface area contributed by atoms with Crippen molar-refractivity contribution in [1.82, 2.24) is 4.90 Å². The molecule has 1 aromatic carbocycles. The van der Waals surface area contributed by atoms with Crippen LogP contribution < -0.4 is 0 Å². The molecule has 1 N–H and O–H groups in total. The quantitative estimate of drug-likeness (QED) is 0.905. The number of benzene rings is 1. The van der Waals surface area contributed by atoms with Gasteiger partial charge in [0.1, 0.15) is 11.9 Å². The van der Waals surface area contributed by atoms with Gasteiger partial charge < -0.3 is 10.0 Å². The monoisotopic (exact) mass is 265 g/mol. The number of halogens is 1. The molecule has 0 saturated heterocycles. The van der Waals surface area contributed by atoms with Gasteiger partial charge in [-0.05, 0) is 51.8 Å². The van der Waals surface area contributed by atoms with Crippen molar-refractivity contribution in [3.8, 4) is 0 Å². The van der Waals surface area contributed by atoms with Gasteiger partial charge in [-0.1, -0.05) is 25.1 Å². The standard InChI is InChI=1S/C16H24FNO/c1-12-8-10-16(11-9-12,18(2)3)15(19)13-6-4-5-7-14(13)17/h4-7,12,15,19H,8-11H2,1-3H3. The molecule has 3 heteroatoms. The molecule has 1 aliphatic rings. The van der Waals surface area contributed by atoms with E-state index in [2.05, 4.69) is 11.8 Å². The zero-order valence-corrected chi connectivity index (χ0v) is 12.1. The summed E-state index contributed by atoms with van der Waals surface area (Å²) in [7, 11) is 3.97. The van der Waals surface area contributed by atoms with Crippen LogP contribution in [0, 0.1) is 11.7 Å². The predicted molar refractivity (Wildman–Crippen MR) is 75.4 cm³/mol. The summed E-state index contributed by atoms with van der Waals surface area (Å²) in [6, 6.07) is 6.57. The number of hydrogen-bond acceptors (Lipinski definition) is 2. The first-order valence-corrected chi connectivity index (χ1v) is 7.07. The Bertz CT molecular complexity index is 425. The molecule has 106 valence electrons. The summed E-state index contributed by atoms with van der Waals surface area (Å²) in [6.07, 6.45) is 3.23. The van der Waals surface area contributed by atoms with E-state index in [-0.39, 0.29) is 11.4 Å². The van der Waals surface area contributed by atoms with Gasteiger partial charge in [-0.2, -0.15) is 0 Å². The first-order chi connectivity index (χ1) is 8.97. The summed E-state index contributed by atoms with van der Waals surface area (Å²) in [5, 5.41) is 10.8. The molecule has 1 atom stereocenters. The highest BCUT2D eigenvalue weighted by atomic mass is 19.1. The SMILES string of the molecule is CC1CCC(C(O)c2ccccc2F)(N(C)C)CC1. The molecule has 0 bridgehead atoms. The van der Waals surface area contributed by atoms with Gasteiger partial charge in [0, 0.05) is 5.56 Å². The summed E-state index contributed by atoms with van der Waals surface area (Å²) >= 11 is 0. The summed E-state index contributed by atoms with van der Waals surface area (Å²) < 4.78 is 13.9. The van der Waals surface area contributed by atoms with Crippen molar-refractivity contribution in [1.29, 1.82) is 0 Å². The van der Waals surface area contributed by atoms with Gasteiger partial charge >= 0.3 is 0 Å². The molecule has 0 aromatic heterocycles. The van der Waals surface area contributed by atoms with Gasteiger partial charge in [-0.15, -0.1) is 0 Å². The Hall–Kier alpha value is -0.930. The average Bonchev–Trinajstić information content (AvgIpc) is 2.39. The molecule has 1 aliphatic carbocycles. The van der Waals surface area contributed by atoms with Gasteiger partial charge in [0.05, 0.1) is 5.54 Å². The van der Waals surface area contributed by atoms with E-state index >= 15 is 0 Å². The summed E-state index contributed by atoms with van der Waals surface area (Å²) in [5.41, 5.74) is 0.0834. The van der Waals surface area contributed by atoms with Gasteiger partial charge in [0.25, 0.3) is 0 Å². The third-order valence-electron chi connectivity index (χ3n) is 4.74. The van der Waals surface area contributed by atoms with Crippen LogP contribution in [0.1, 0.15) is 44.3 Å². The van der Waals surface area contributed by atoms with Crippen LogP contribution in [0.3, 0.4) is 0 Å². The maximum atomic E-state index is 13.9. The number of nitrogens with zero attached hydrogens (tertiary/aromatic N) is 1. The molecule has 19 heavy (non-hydrogen) atoms. The van der Waals surface area contributed by atoms with E-state index < -0.39 is 6.10 Å². The third kappa shape index (κ3) is 2.67. The number of hydrogen-bond donors (Lipinski definition) is 1. The zero-order valence-electron chi connectivity index (χ0n) is 12.1. The zero-order chi connectivity index (χ0) is 14.0. The molecule has 1 fully saturated rings. The Balaban J connectivity index is 2.32. The lowest BCUT2D eigenvalue weighted by atomic mass is 9.71. The molecular weight excluding hydrogens is 241 g/mol. The second-order valence-corrected chi connectivity index (χ2v) is 6.10. The molecule has 2 rings (SSSR count). The number of rotatable bonds is 3. The Kier molecular flexibility index (Phi) is 4.26. The Morgan fingerprint density at radius 3 is 2.37 bits per heavy atom. The lowest BCUT2D eigenvalue weighted by Crippen LogP contribution is -2.51. The highest BCUT2D eigenvalue weighted by molar-refractivity contribution is 5.24. The molecule has 0 amide bonds. The third-order valence-corrected chi connectivity index (χ3v) is 4.74. The van der Waals surface area contributed by atoms with E-state index in [1.54, 1.807) is 18.2 Å². The van der Waals surface area contributed by atoms with Crippen molar-refractivity contribution >= 4 is 0 Å². The lowest BCUT2D eigenvalue weighted by Gasteiger charge is -2.47. The molecule has 1 unspecified atom stereocenters. The molecule has 1 saturated carbocycles. The minimum atomic E-state index is -0.767. The lowest BCUT2D eigenvalue weighted by molar-refractivity contribution is -0.0423. The van der Waals surface area contributed by atoms with E-state index in [1.807, 2.05) is 14.1 Å². The van der Waals surface area contributed by atoms with Crippen LogP contribution in [0.2, 0.25) is 0 Å². The molecule has 0 aliphatic heterocycles. The summed E-state index contributed by atoms with van der Waals surface area (Å²) in [5.74, 6) is 0.385. The number of likely N-dealkylation sites (N-methyl/N-ethyl adjacent to an activating group) is 1. The van der Waals surface area contributed by atoms with Crippen LogP contribution in [0.25, 0.3) is 0 Å². The molecule has 2 nitrogen and oxygen atoms in total. The Morgan fingerprint density at radius 1 is 1.26 bits per heavy atom. The highest BCUT2D eigenvalue weighted by Gasteiger charge is 2.43. The first kappa shape index (κ1) is 14.5. The van der Waals surface area contributed by atoms with E-state index in [4.69, 9.17) is 0 Å². The maximum Gasteiger partial charge on any atom is 0.129 e. The van der Waals surface area contributed by atoms with Crippen LogP contribution in [0.15, 0.2) is 24.3 Å². The Labute approximate surface area is 115 Å². The normalized spacial score (nSPS) is 29.5. The molecular formula is C16H24FNO. The second kappa shape index (κ2) is 5.59. The van der Waals surface area contributed by atoms with Crippen LogP contribution in [-0.2, 0) is 0 Å². The van der Waals surface area contributed by atoms with Crippen molar-refractivity contribution in [3.63, 3.8) is 0 Å². The fourth-order valence-corrected chi connectivity index (χ4v) is 3.21. The van der Waals surface area contributed by atoms with Crippen LogP contribution >= 0.6 is 0 Å². The minimum Gasteiger partial charge on any atom is -0.386 e. The number of aliphatic hydroxyl groups is 1. The highest BCUT2D eigenvalue weighted by Crippen LogP contribution is 2.43. The van der Waals surface area contributed by atoms with E-state index in [1.165, 1.54) is 6.07 Å². The van der Waals surface area contributed by atoms with Crippen LogP contribution in [-0.4, -0.2) is 29.6 Å². The second-order valence-electron chi connectivity index (χ2n) is 6.10. The van der Waals surface area contributed by atoms with Crippen molar-refractivity contribution in [2.24, 2.45) is 5.92 Å². The van der Waals surface area contributed by atoms with Gasteiger partial charge in [-0.25, -0.2) is 4.39 Å². The minimum absolute atomic E-state index is 0.310.